The Labute approximate surface area is 154 Å². The van der Waals surface area contributed by atoms with Crippen LogP contribution in [0.25, 0.3) is 15.9 Å². The summed E-state index contributed by atoms with van der Waals surface area (Å²) in [7, 11) is 1.52. The van der Waals surface area contributed by atoms with Gasteiger partial charge >= 0.3 is 0 Å². The molecular formula is C19H16N4O2S. The first-order valence-electron chi connectivity index (χ1n) is 8.02. The number of rotatable bonds is 4. The van der Waals surface area contributed by atoms with Gasteiger partial charge in [-0.3, -0.25) is 10.1 Å². The molecule has 0 aliphatic heterocycles. The number of para-hydroxylation sites is 2. The van der Waals surface area contributed by atoms with Crippen molar-refractivity contribution in [1.82, 2.24) is 14.8 Å². The average Bonchev–Trinajstić information content (AvgIpc) is 3.27. The smallest absolute Gasteiger partial charge is 0.281 e. The molecule has 7 heteroatoms. The van der Waals surface area contributed by atoms with Gasteiger partial charge in [0.1, 0.15) is 0 Å². The van der Waals surface area contributed by atoms with Gasteiger partial charge in [-0.05, 0) is 30.7 Å². The Hall–Kier alpha value is -3.19. The van der Waals surface area contributed by atoms with Crippen molar-refractivity contribution in [2.24, 2.45) is 0 Å². The van der Waals surface area contributed by atoms with Crippen LogP contribution in [-0.2, 0) is 0 Å². The molecule has 0 radical (unpaired) electrons. The number of fused-ring (bicyclic) bond motifs is 1. The maximum Gasteiger partial charge on any atom is 0.281 e. The van der Waals surface area contributed by atoms with Crippen molar-refractivity contribution in [2.45, 2.75) is 6.92 Å². The normalized spacial score (nSPS) is 10.8. The SMILES string of the molecule is COc1cn(-c2ccccc2)nc1C(=O)Nc1nc2c(C)cccc2s1. The van der Waals surface area contributed by atoms with Crippen LogP contribution in [0, 0.1) is 6.92 Å². The summed E-state index contributed by atoms with van der Waals surface area (Å²) in [5.74, 6) is 0.0527. The number of ether oxygens (including phenoxy) is 1. The number of hydrogen-bond acceptors (Lipinski definition) is 5. The van der Waals surface area contributed by atoms with Crippen molar-refractivity contribution in [1.29, 1.82) is 0 Å². The molecule has 0 saturated heterocycles. The first-order chi connectivity index (χ1) is 12.7. The highest BCUT2D eigenvalue weighted by Gasteiger charge is 2.20. The van der Waals surface area contributed by atoms with Crippen LogP contribution in [0.1, 0.15) is 16.1 Å². The summed E-state index contributed by atoms with van der Waals surface area (Å²) in [5.41, 5.74) is 3.03. The Morgan fingerprint density at radius 3 is 2.69 bits per heavy atom. The van der Waals surface area contributed by atoms with Crippen LogP contribution >= 0.6 is 11.3 Å². The fourth-order valence-corrected chi connectivity index (χ4v) is 3.61. The van der Waals surface area contributed by atoms with Gasteiger partial charge in [-0.15, -0.1) is 0 Å². The number of aryl methyl sites for hydroxylation is 1. The Morgan fingerprint density at radius 1 is 1.15 bits per heavy atom. The molecule has 6 nitrogen and oxygen atoms in total. The minimum Gasteiger partial charge on any atom is -0.493 e. The van der Waals surface area contributed by atoms with Crippen LogP contribution in [0.3, 0.4) is 0 Å². The molecule has 0 fully saturated rings. The lowest BCUT2D eigenvalue weighted by atomic mass is 10.2. The van der Waals surface area contributed by atoms with Crippen LogP contribution in [0.4, 0.5) is 5.13 Å². The summed E-state index contributed by atoms with van der Waals surface area (Å²) >= 11 is 1.43. The molecule has 0 atom stereocenters. The molecule has 1 N–H and O–H groups in total. The van der Waals surface area contributed by atoms with Gasteiger partial charge in [-0.1, -0.05) is 41.7 Å². The van der Waals surface area contributed by atoms with Gasteiger partial charge in [0.05, 0.1) is 29.2 Å². The van der Waals surface area contributed by atoms with Crippen molar-refractivity contribution < 1.29 is 9.53 Å². The van der Waals surface area contributed by atoms with E-state index in [-0.39, 0.29) is 11.6 Å². The second-order valence-electron chi connectivity index (χ2n) is 5.72. The summed E-state index contributed by atoms with van der Waals surface area (Å²) in [4.78, 5) is 17.2. The summed E-state index contributed by atoms with van der Waals surface area (Å²) in [5, 5.41) is 7.74. The molecule has 0 spiro atoms. The summed E-state index contributed by atoms with van der Waals surface area (Å²) in [6.45, 7) is 2.00. The number of methoxy groups -OCH3 is 1. The minimum atomic E-state index is -0.353. The van der Waals surface area contributed by atoms with Gasteiger partial charge in [-0.25, -0.2) is 9.67 Å². The van der Waals surface area contributed by atoms with Crippen LogP contribution < -0.4 is 10.1 Å². The van der Waals surface area contributed by atoms with E-state index in [1.54, 1.807) is 10.9 Å². The second kappa shape index (κ2) is 6.61. The molecule has 0 saturated carbocycles. The van der Waals surface area contributed by atoms with E-state index < -0.39 is 0 Å². The number of nitrogens with one attached hydrogen (secondary N) is 1. The average molecular weight is 364 g/mol. The lowest BCUT2D eigenvalue weighted by Gasteiger charge is -2.00. The topological polar surface area (TPSA) is 69.0 Å². The van der Waals surface area contributed by atoms with Crippen molar-refractivity contribution in [3.63, 3.8) is 0 Å². The van der Waals surface area contributed by atoms with Gasteiger partial charge in [0, 0.05) is 0 Å². The van der Waals surface area contributed by atoms with E-state index in [0.29, 0.717) is 10.9 Å². The number of benzene rings is 2. The fraction of sp³-hybridized carbons (Fsp3) is 0.105. The van der Waals surface area contributed by atoms with E-state index in [9.17, 15) is 4.79 Å². The van der Waals surface area contributed by atoms with E-state index in [4.69, 9.17) is 4.74 Å². The third kappa shape index (κ3) is 2.93. The summed E-state index contributed by atoms with van der Waals surface area (Å²) < 4.78 is 7.97. The van der Waals surface area contributed by atoms with Crippen molar-refractivity contribution in [3.05, 3.63) is 66.0 Å². The molecule has 0 bridgehead atoms. The van der Waals surface area contributed by atoms with Gasteiger partial charge in [0.25, 0.3) is 5.91 Å². The van der Waals surface area contributed by atoms with Crippen LogP contribution in [-0.4, -0.2) is 27.8 Å². The Kier molecular flexibility index (Phi) is 4.14. The number of anilines is 1. The predicted octanol–water partition coefficient (Wildman–Crippen LogP) is 4.05. The third-order valence-corrected chi connectivity index (χ3v) is 4.91. The first-order valence-corrected chi connectivity index (χ1v) is 8.84. The molecule has 130 valence electrons. The molecule has 1 amide bonds. The van der Waals surface area contributed by atoms with Gasteiger partial charge in [0.2, 0.25) is 0 Å². The number of nitrogens with zero attached hydrogens (tertiary/aromatic N) is 3. The minimum absolute atomic E-state index is 0.215. The van der Waals surface area contributed by atoms with E-state index in [2.05, 4.69) is 15.4 Å². The number of thiazole rings is 1. The molecule has 0 aliphatic carbocycles. The van der Waals surface area contributed by atoms with Crippen LogP contribution in [0.2, 0.25) is 0 Å². The highest BCUT2D eigenvalue weighted by molar-refractivity contribution is 7.22. The Bertz CT molecular complexity index is 1090. The lowest BCUT2D eigenvalue weighted by molar-refractivity contribution is 0.101. The highest BCUT2D eigenvalue weighted by atomic mass is 32.1. The number of carbonyl (C=O) groups is 1. The number of hydrogen-bond donors (Lipinski definition) is 1. The Balaban J connectivity index is 1.65. The summed E-state index contributed by atoms with van der Waals surface area (Å²) in [6, 6.07) is 15.5. The van der Waals surface area contributed by atoms with Gasteiger partial charge in [-0.2, -0.15) is 5.10 Å². The lowest BCUT2D eigenvalue weighted by Crippen LogP contribution is -2.14. The van der Waals surface area contributed by atoms with Crippen LogP contribution in [0.5, 0.6) is 5.75 Å². The van der Waals surface area contributed by atoms with E-state index in [1.807, 2.05) is 55.5 Å². The van der Waals surface area contributed by atoms with Gasteiger partial charge < -0.3 is 4.74 Å². The second-order valence-corrected chi connectivity index (χ2v) is 6.75. The molecule has 26 heavy (non-hydrogen) atoms. The zero-order valence-corrected chi connectivity index (χ0v) is 15.1. The van der Waals surface area contributed by atoms with E-state index in [0.717, 1.165) is 21.5 Å². The zero-order chi connectivity index (χ0) is 18.1. The standard InChI is InChI=1S/C19H16N4O2S/c1-12-7-6-10-15-16(12)20-19(26-15)21-18(24)17-14(25-2)11-23(22-17)13-8-4-3-5-9-13/h3-11H,1-2H3,(H,20,21,24). The van der Waals surface area contributed by atoms with E-state index in [1.165, 1.54) is 18.4 Å². The van der Waals surface area contributed by atoms with Crippen LogP contribution in [0.15, 0.2) is 54.7 Å². The maximum absolute atomic E-state index is 12.7. The molecule has 0 aliphatic rings. The number of aromatic nitrogens is 3. The maximum atomic E-state index is 12.7. The highest BCUT2D eigenvalue weighted by Crippen LogP contribution is 2.29. The van der Waals surface area contributed by atoms with Gasteiger partial charge in [0.15, 0.2) is 16.6 Å². The van der Waals surface area contributed by atoms with Crippen molar-refractivity contribution >= 4 is 32.6 Å². The molecular weight excluding hydrogens is 348 g/mol. The zero-order valence-electron chi connectivity index (χ0n) is 14.3. The van der Waals surface area contributed by atoms with E-state index >= 15 is 0 Å². The molecule has 2 aromatic carbocycles. The number of carbonyl (C=O) groups excluding carboxylic acids is 1. The Morgan fingerprint density at radius 2 is 1.96 bits per heavy atom. The molecule has 2 aromatic heterocycles. The monoisotopic (exact) mass is 364 g/mol. The largest absolute Gasteiger partial charge is 0.493 e. The first kappa shape index (κ1) is 16.3. The fourth-order valence-electron chi connectivity index (χ4n) is 2.67. The third-order valence-electron chi connectivity index (χ3n) is 3.98. The quantitative estimate of drug-likeness (QED) is 0.593. The molecule has 0 unspecified atom stereocenters. The summed E-state index contributed by atoms with van der Waals surface area (Å²) in [6.07, 6.45) is 1.69. The molecule has 4 rings (SSSR count). The number of amides is 1. The predicted molar refractivity (Wildman–Crippen MR) is 102 cm³/mol. The van der Waals surface area contributed by atoms with Crippen molar-refractivity contribution in [3.8, 4) is 11.4 Å². The van der Waals surface area contributed by atoms with Crippen molar-refractivity contribution in [2.75, 3.05) is 12.4 Å². The molecule has 4 aromatic rings. The molecule has 2 heterocycles.